The first kappa shape index (κ1) is 12.5. The fourth-order valence-corrected chi connectivity index (χ4v) is 4.02. The van der Waals surface area contributed by atoms with E-state index in [-0.39, 0.29) is 0 Å². The lowest BCUT2D eigenvalue weighted by Gasteiger charge is -2.04. The average Bonchev–Trinajstić information content (AvgIpc) is 2.82. The van der Waals surface area contributed by atoms with Crippen molar-refractivity contribution >= 4 is 20.1 Å². The number of benzene rings is 2. The lowest BCUT2D eigenvalue weighted by molar-refractivity contribution is 0.489. The van der Waals surface area contributed by atoms with E-state index in [2.05, 4.69) is 43.3 Å². The summed E-state index contributed by atoms with van der Waals surface area (Å²) in [4.78, 5) is 0. The van der Waals surface area contributed by atoms with E-state index >= 15 is 0 Å². The van der Waals surface area contributed by atoms with E-state index in [0.717, 1.165) is 17.5 Å². The van der Waals surface area contributed by atoms with Crippen molar-refractivity contribution in [2.45, 2.75) is 38.7 Å². The second-order valence-corrected chi connectivity index (χ2v) is 6.69. The van der Waals surface area contributed by atoms with Gasteiger partial charge in [-0.05, 0) is 29.3 Å². The maximum atomic E-state index is 5.97. The van der Waals surface area contributed by atoms with Crippen molar-refractivity contribution < 1.29 is 8.85 Å². The van der Waals surface area contributed by atoms with Crippen LogP contribution < -0.4 is 8.85 Å². The van der Waals surface area contributed by atoms with E-state index in [4.69, 9.17) is 8.85 Å². The summed E-state index contributed by atoms with van der Waals surface area (Å²) in [6.07, 6.45) is 5.09. The smallest absolute Gasteiger partial charge is 0.507 e. The quantitative estimate of drug-likeness (QED) is 0.580. The van der Waals surface area contributed by atoms with Crippen LogP contribution in [0.3, 0.4) is 0 Å². The van der Waals surface area contributed by atoms with Crippen molar-refractivity contribution in [1.29, 1.82) is 0 Å². The van der Waals surface area contributed by atoms with Gasteiger partial charge < -0.3 is 8.85 Å². The van der Waals surface area contributed by atoms with E-state index in [9.17, 15) is 0 Å². The van der Waals surface area contributed by atoms with Crippen LogP contribution in [-0.4, -0.2) is 9.28 Å². The molecule has 1 radical (unpaired) electrons. The summed E-state index contributed by atoms with van der Waals surface area (Å²) >= 11 is 0. The highest BCUT2D eigenvalue weighted by molar-refractivity contribution is 6.47. The Morgan fingerprint density at radius 3 is 2.11 bits per heavy atom. The molecule has 3 rings (SSSR count). The van der Waals surface area contributed by atoms with Crippen LogP contribution in [0.15, 0.2) is 36.4 Å². The van der Waals surface area contributed by atoms with Crippen LogP contribution in [0.1, 0.15) is 32.6 Å². The van der Waals surface area contributed by atoms with Crippen molar-refractivity contribution in [3.05, 3.63) is 36.4 Å². The monoisotopic (exact) mass is 271 g/mol. The van der Waals surface area contributed by atoms with Crippen LogP contribution in [0.4, 0.5) is 0 Å². The summed E-state index contributed by atoms with van der Waals surface area (Å²) in [6, 6.07) is 13.6. The number of hydrogen-bond donors (Lipinski definition) is 0. The molecular weight excluding hydrogens is 252 g/mol. The fraction of sp³-hybridized carbons (Fsp3) is 0.375. The molecule has 19 heavy (non-hydrogen) atoms. The van der Waals surface area contributed by atoms with Gasteiger partial charge in [0.2, 0.25) is 0 Å². The van der Waals surface area contributed by atoms with Crippen LogP contribution in [-0.2, 0) is 0 Å². The molecule has 0 amide bonds. The van der Waals surface area contributed by atoms with E-state index in [0.29, 0.717) is 0 Å². The summed E-state index contributed by atoms with van der Waals surface area (Å²) in [5, 5.41) is 2.44. The molecule has 0 unspecified atom stereocenters. The minimum absolute atomic E-state index is 0.933. The maximum Gasteiger partial charge on any atom is 0.532 e. The Labute approximate surface area is 116 Å². The van der Waals surface area contributed by atoms with Gasteiger partial charge in [0, 0.05) is 6.04 Å². The Morgan fingerprint density at radius 2 is 1.53 bits per heavy atom. The van der Waals surface area contributed by atoms with Crippen LogP contribution in [0, 0.1) is 0 Å². The largest absolute Gasteiger partial charge is 0.532 e. The molecule has 0 aliphatic carbocycles. The molecule has 1 heterocycles. The molecule has 2 nitrogen and oxygen atoms in total. The van der Waals surface area contributed by atoms with Gasteiger partial charge in [-0.25, -0.2) is 0 Å². The van der Waals surface area contributed by atoms with Crippen molar-refractivity contribution in [2.75, 3.05) is 0 Å². The van der Waals surface area contributed by atoms with Gasteiger partial charge in [-0.15, -0.1) is 0 Å². The van der Waals surface area contributed by atoms with Crippen LogP contribution in [0.25, 0.3) is 10.8 Å². The van der Waals surface area contributed by atoms with Gasteiger partial charge in [-0.3, -0.25) is 0 Å². The SMILES string of the molecule is CCCCCC[Si]1Oc2cc3ccccc3cc2O1. The molecule has 0 saturated carbocycles. The van der Waals surface area contributed by atoms with Gasteiger partial charge in [0.05, 0.1) is 0 Å². The van der Waals surface area contributed by atoms with Gasteiger partial charge >= 0.3 is 9.28 Å². The molecule has 0 atom stereocenters. The summed E-state index contributed by atoms with van der Waals surface area (Å²) in [7, 11) is -1.13. The molecule has 1 aliphatic rings. The fourth-order valence-electron chi connectivity index (χ4n) is 2.42. The highest BCUT2D eigenvalue weighted by atomic mass is 28.3. The predicted molar refractivity (Wildman–Crippen MR) is 79.9 cm³/mol. The third-order valence-corrected chi connectivity index (χ3v) is 5.15. The van der Waals surface area contributed by atoms with Crippen molar-refractivity contribution in [3.8, 4) is 11.5 Å². The number of unbranched alkanes of at least 4 members (excludes halogenated alkanes) is 3. The molecule has 1 aliphatic heterocycles. The minimum atomic E-state index is -1.13. The van der Waals surface area contributed by atoms with Crippen molar-refractivity contribution in [1.82, 2.24) is 0 Å². The molecule has 0 N–H and O–H groups in total. The summed E-state index contributed by atoms with van der Waals surface area (Å²) in [5.74, 6) is 1.87. The third-order valence-electron chi connectivity index (χ3n) is 3.49. The normalized spacial score (nSPS) is 14.2. The Bertz CT molecular complexity index is 523. The zero-order valence-corrected chi connectivity index (χ0v) is 12.3. The van der Waals surface area contributed by atoms with E-state index in [1.54, 1.807) is 0 Å². The summed E-state index contributed by atoms with van der Waals surface area (Å²) in [5.41, 5.74) is 0. The first-order chi connectivity index (χ1) is 9.36. The van der Waals surface area contributed by atoms with Crippen molar-refractivity contribution in [2.24, 2.45) is 0 Å². The Kier molecular flexibility index (Phi) is 3.73. The molecule has 2 aromatic rings. The van der Waals surface area contributed by atoms with Gasteiger partial charge in [-0.1, -0.05) is 50.5 Å². The molecule has 2 aromatic carbocycles. The molecule has 0 aromatic heterocycles. The van der Waals surface area contributed by atoms with E-state index in [1.165, 1.54) is 36.5 Å². The Morgan fingerprint density at radius 1 is 0.895 bits per heavy atom. The molecule has 0 saturated heterocycles. The van der Waals surface area contributed by atoms with Crippen molar-refractivity contribution in [3.63, 3.8) is 0 Å². The second kappa shape index (κ2) is 5.66. The first-order valence-electron chi connectivity index (χ1n) is 7.11. The predicted octanol–water partition coefficient (Wildman–Crippen LogP) is 4.68. The van der Waals surface area contributed by atoms with Gasteiger partial charge in [-0.2, -0.15) is 0 Å². The lowest BCUT2D eigenvalue weighted by Crippen LogP contribution is -2.23. The lowest BCUT2D eigenvalue weighted by atomic mass is 10.1. The number of hydrogen-bond acceptors (Lipinski definition) is 2. The minimum Gasteiger partial charge on any atom is -0.507 e. The highest BCUT2D eigenvalue weighted by Gasteiger charge is 2.29. The maximum absolute atomic E-state index is 5.97. The zero-order chi connectivity index (χ0) is 13.1. The highest BCUT2D eigenvalue weighted by Crippen LogP contribution is 2.38. The standard InChI is InChI=1S/C16H19O2Si/c1-2-3-4-7-10-19-17-15-11-13-8-5-6-9-14(13)12-16(15)18-19/h5-6,8-9,11-12H,2-4,7,10H2,1H3. The molecule has 0 bridgehead atoms. The van der Waals surface area contributed by atoms with Crippen LogP contribution >= 0.6 is 0 Å². The van der Waals surface area contributed by atoms with Crippen LogP contribution in [0.2, 0.25) is 6.04 Å². The third kappa shape index (κ3) is 2.76. The van der Waals surface area contributed by atoms with Gasteiger partial charge in [0.15, 0.2) is 0 Å². The molecule has 0 spiro atoms. The summed E-state index contributed by atoms with van der Waals surface area (Å²) in [6.45, 7) is 2.23. The first-order valence-corrected chi connectivity index (χ1v) is 8.63. The average molecular weight is 271 g/mol. The zero-order valence-electron chi connectivity index (χ0n) is 11.3. The topological polar surface area (TPSA) is 18.5 Å². The number of rotatable bonds is 5. The van der Waals surface area contributed by atoms with Crippen LogP contribution in [0.5, 0.6) is 11.5 Å². The van der Waals surface area contributed by atoms with E-state index in [1.807, 2.05) is 0 Å². The molecule has 3 heteroatoms. The number of fused-ring (bicyclic) bond motifs is 2. The molecule has 0 fully saturated rings. The Hall–Kier alpha value is -1.48. The second-order valence-electron chi connectivity index (χ2n) is 5.03. The molecular formula is C16H19O2Si. The van der Waals surface area contributed by atoms with Gasteiger partial charge in [0.25, 0.3) is 0 Å². The van der Waals surface area contributed by atoms with Gasteiger partial charge in [0.1, 0.15) is 11.5 Å². The Balaban J connectivity index is 1.68. The summed E-state index contributed by atoms with van der Waals surface area (Å²) < 4.78 is 11.9. The molecule has 99 valence electrons. The van der Waals surface area contributed by atoms with E-state index < -0.39 is 9.28 Å².